The molecule has 94 valence electrons. The van der Waals surface area contributed by atoms with Crippen molar-refractivity contribution in [1.82, 2.24) is 0 Å². The molecule has 0 radical (unpaired) electrons. The minimum absolute atomic E-state index is 0.377. The van der Waals surface area contributed by atoms with E-state index in [-0.39, 0.29) is 0 Å². The number of hydrogen-bond acceptors (Lipinski definition) is 1. The Kier molecular flexibility index (Phi) is 3.94. The molecule has 2 rings (SSSR count). The number of aliphatic hydroxyl groups is 1. The zero-order valence-corrected chi connectivity index (χ0v) is 11.0. The second-order valence-electron chi connectivity index (χ2n) is 6.42. The lowest BCUT2D eigenvalue weighted by Gasteiger charge is -2.15. The van der Waals surface area contributed by atoms with E-state index in [1.807, 2.05) is 0 Å². The molecule has 0 aromatic rings. The molecule has 3 atom stereocenters. The maximum atomic E-state index is 8.72. The molecular formula is C15H28O. The van der Waals surface area contributed by atoms with Crippen LogP contribution in [0.15, 0.2) is 0 Å². The van der Waals surface area contributed by atoms with E-state index < -0.39 is 0 Å². The molecule has 1 N–H and O–H groups in total. The lowest BCUT2D eigenvalue weighted by molar-refractivity contribution is 0.281. The second kappa shape index (κ2) is 5.08. The molecule has 16 heavy (non-hydrogen) atoms. The van der Waals surface area contributed by atoms with Crippen molar-refractivity contribution in [2.75, 3.05) is 6.61 Å². The van der Waals surface area contributed by atoms with Gasteiger partial charge in [0.25, 0.3) is 0 Å². The third kappa shape index (κ3) is 2.30. The first-order chi connectivity index (χ1) is 7.70. The summed E-state index contributed by atoms with van der Waals surface area (Å²) in [5, 5.41) is 8.72. The molecule has 0 aliphatic heterocycles. The smallest absolute Gasteiger partial charge is 0.0431 e. The van der Waals surface area contributed by atoms with Crippen molar-refractivity contribution in [3.05, 3.63) is 0 Å². The van der Waals surface area contributed by atoms with Crippen LogP contribution in [0.1, 0.15) is 65.2 Å². The van der Waals surface area contributed by atoms with E-state index in [9.17, 15) is 0 Å². The highest BCUT2D eigenvalue weighted by Crippen LogP contribution is 2.70. The number of fused-ring (bicyclic) bond motifs is 1. The summed E-state index contributed by atoms with van der Waals surface area (Å²) in [4.78, 5) is 0. The average molecular weight is 224 g/mol. The third-order valence-electron chi connectivity index (χ3n) is 5.36. The SMILES string of the molecule is CC(C)C12CCC(CCCCCCO)C1C2. The normalized spacial score (nSPS) is 36.8. The van der Waals surface area contributed by atoms with E-state index in [0.717, 1.165) is 29.6 Å². The van der Waals surface area contributed by atoms with E-state index in [2.05, 4.69) is 13.8 Å². The molecule has 0 amide bonds. The van der Waals surface area contributed by atoms with Crippen LogP contribution in [0, 0.1) is 23.2 Å². The van der Waals surface area contributed by atoms with Crippen LogP contribution in [0.25, 0.3) is 0 Å². The van der Waals surface area contributed by atoms with Crippen LogP contribution in [0.5, 0.6) is 0 Å². The first-order valence-electron chi connectivity index (χ1n) is 7.31. The zero-order chi connectivity index (χ0) is 11.6. The lowest BCUT2D eigenvalue weighted by Crippen LogP contribution is -2.08. The molecule has 2 fully saturated rings. The fourth-order valence-corrected chi connectivity index (χ4v) is 4.10. The fourth-order valence-electron chi connectivity index (χ4n) is 4.10. The van der Waals surface area contributed by atoms with Gasteiger partial charge in [0.2, 0.25) is 0 Å². The Bertz CT molecular complexity index is 223. The molecular weight excluding hydrogens is 196 g/mol. The van der Waals surface area contributed by atoms with Crippen LogP contribution in [0.2, 0.25) is 0 Å². The van der Waals surface area contributed by atoms with Crippen LogP contribution in [-0.2, 0) is 0 Å². The van der Waals surface area contributed by atoms with Gasteiger partial charge in [-0.1, -0.05) is 39.5 Å². The van der Waals surface area contributed by atoms with Crippen LogP contribution in [-0.4, -0.2) is 11.7 Å². The summed E-state index contributed by atoms with van der Waals surface area (Å²) in [5.74, 6) is 3.05. The standard InChI is InChI=1S/C15H28O/c1-12(2)15-9-8-13(14(15)11-15)7-5-3-4-6-10-16/h12-14,16H,3-11H2,1-2H3. The lowest BCUT2D eigenvalue weighted by atomic mass is 9.90. The molecule has 3 unspecified atom stereocenters. The minimum Gasteiger partial charge on any atom is -0.396 e. The van der Waals surface area contributed by atoms with E-state index in [1.54, 1.807) is 0 Å². The van der Waals surface area contributed by atoms with Gasteiger partial charge in [-0.3, -0.25) is 0 Å². The Balaban J connectivity index is 1.63. The zero-order valence-electron chi connectivity index (χ0n) is 11.0. The van der Waals surface area contributed by atoms with Crippen molar-refractivity contribution in [2.45, 2.75) is 65.2 Å². The number of hydrogen-bond donors (Lipinski definition) is 1. The summed E-state index contributed by atoms with van der Waals surface area (Å²) in [6.07, 6.45) is 11.0. The summed E-state index contributed by atoms with van der Waals surface area (Å²) in [6.45, 7) is 5.22. The van der Waals surface area contributed by atoms with Gasteiger partial charge in [-0.2, -0.15) is 0 Å². The van der Waals surface area contributed by atoms with Gasteiger partial charge in [0.05, 0.1) is 0 Å². The van der Waals surface area contributed by atoms with Gasteiger partial charge < -0.3 is 5.11 Å². The molecule has 1 heteroatoms. The number of unbranched alkanes of at least 4 members (excludes halogenated alkanes) is 3. The second-order valence-corrected chi connectivity index (χ2v) is 6.42. The first kappa shape index (κ1) is 12.4. The van der Waals surface area contributed by atoms with Crippen LogP contribution in [0.3, 0.4) is 0 Å². The summed E-state index contributed by atoms with van der Waals surface area (Å²) in [5.41, 5.74) is 0.787. The summed E-state index contributed by atoms with van der Waals surface area (Å²) >= 11 is 0. The fraction of sp³-hybridized carbons (Fsp3) is 1.00. The van der Waals surface area contributed by atoms with E-state index in [0.29, 0.717) is 6.61 Å². The molecule has 0 heterocycles. The van der Waals surface area contributed by atoms with Crippen molar-refractivity contribution in [3.8, 4) is 0 Å². The van der Waals surface area contributed by atoms with Gasteiger partial charge in [0.1, 0.15) is 0 Å². The van der Waals surface area contributed by atoms with Gasteiger partial charge in [0.15, 0.2) is 0 Å². The Hall–Kier alpha value is -0.0400. The van der Waals surface area contributed by atoms with Crippen LogP contribution < -0.4 is 0 Å². The molecule has 0 bridgehead atoms. The van der Waals surface area contributed by atoms with Crippen molar-refractivity contribution in [2.24, 2.45) is 23.2 Å². The Morgan fingerprint density at radius 2 is 1.94 bits per heavy atom. The molecule has 0 aromatic heterocycles. The highest BCUT2D eigenvalue weighted by Gasteiger charge is 2.61. The van der Waals surface area contributed by atoms with Crippen molar-refractivity contribution < 1.29 is 5.11 Å². The molecule has 1 nitrogen and oxygen atoms in total. The van der Waals surface area contributed by atoms with Gasteiger partial charge in [-0.15, -0.1) is 0 Å². The first-order valence-corrected chi connectivity index (χ1v) is 7.31. The van der Waals surface area contributed by atoms with E-state index >= 15 is 0 Å². The van der Waals surface area contributed by atoms with Crippen LogP contribution >= 0.6 is 0 Å². The predicted molar refractivity (Wildman–Crippen MR) is 68.3 cm³/mol. The van der Waals surface area contributed by atoms with Crippen molar-refractivity contribution in [1.29, 1.82) is 0 Å². The topological polar surface area (TPSA) is 20.2 Å². The molecule has 0 saturated heterocycles. The molecule has 2 aliphatic rings. The van der Waals surface area contributed by atoms with Gasteiger partial charge in [0, 0.05) is 6.61 Å². The highest BCUT2D eigenvalue weighted by molar-refractivity contribution is 5.11. The summed E-state index contributed by atoms with van der Waals surface area (Å²) in [6, 6.07) is 0. The molecule has 0 spiro atoms. The number of aliphatic hydroxyl groups excluding tert-OH is 1. The predicted octanol–water partition coefficient (Wildman–Crippen LogP) is 4.00. The summed E-state index contributed by atoms with van der Waals surface area (Å²) in [7, 11) is 0. The monoisotopic (exact) mass is 224 g/mol. The van der Waals surface area contributed by atoms with Crippen molar-refractivity contribution in [3.63, 3.8) is 0 Å². The Labute approximate surface area is 101 Å². The van der Waals surface area contributed by atoms with Gasteiger partial charge >= 0.3 is 0 Å². The van der Waals surface area contributed by atoms with Crippen molar-refractivity contribution >= 4 is 0 Å². The van der Waals surface area contributed by atoms with Gasteiger partial charge in [-0.25, -0.2) is 0 Å². The largest absolute Gasteiger partial charge is 0.396 e. The molecule has 2 aliphatic carbocycles. The van der Waals surface area contributed by atoms with Crippen LogP contribution in [0.4, 0.5) is 0 Å². The summed E-state index contributed by atoms with van der Waals surface area (Å²) < 4.78 is 0. The van der Waals surface area contributed by atoms with Gasteiger partial charge in [-0.05, 0) is 48.9 Å². The van der Waals surface area contributed by atoms with E-state index in [4.69, 9.17) is 5.11 Å². The Morgan fingerprint density at radius 3 is 2.50 bits per heavy atom. The third-order valence-corrected chi connectivity index (χ3v) is 5.36. The average Bonchev–Trinajstić information content (AvgIpc) is 2.90. The highest BCUT2D eigenvalue weighted by atomic mass is 16.2. The maximum Gasteiger partial charge on any atom is 0.0431 e. The molecule has 0 aromatic carbocycles. The van der Waals surface area contributed by atoms with E-state index in [1.165, 1.54) is 44.9 Å². The quantitative estimate of drug-likeness (QED) is 0.648. The Morgan fingerprint density at radius 1 is 1.19 bits per heavy atom. The maximum absolute atomic E-state index is 8.72. The minimum atomic E-state index is 0.377. The number of rotatable bonds is 7. The molecule has 2 saturated carbocycles.